The Labute approximate surface area is 138 Å². The second-order valence-electron chi connectivity index (χ2n) is 5.56. The quantitative estimate of drug-likeness (QED) is 0.609. The first-order valence-electron chi connectivity index (χ1n) is 7.97. The number of aryl methyl sites for hydroxylation is 1. The highest BCUT2D eigenvalue weighted by molar-refractivity contribution is 5.79. The molecule has 0 saturated carbocycles. The van der Waals surface area contributed by atoms with Crippen LogP contribution >= 0.6 is 0 Å². The Morgan fingerprint density at radius 1 is 0.826 bits per heavy atom. The molecular formula is C22H21N. The van der Waals surface area contributed by atoms with Crippen LogP contribution in [0.4, 0.5) is 5.69 Å². The highest BCUT2D eigenvalue weighted by atomic mass is 14.9. The molecule has 0 atom stereocenters. The van der Waals surface area contributed by atoms with Gasteiger partial charge in [0, 0.05) is 16.9 Å². The molecule has 3 aromatic carbocycles. The Morgan fingerprint density at radius 3 is 2.30 bits per heavy atom. The molecule has 0 saturated heterocycles. The number of hydrogen-bond donors (Lipinski definition) is 1. The molecule has 0 spiro atoms. The van der Waals surface area contributed by atoms with E-state index in [1.807, 2.05) is 6.07 Å². The van der Waals surface area contributed by atoms with E-state index in [0.29, 0.717) is 0 Å². The third-order valence-electron chi connectivity index (χ3n) is 3.99. The average molecular weight is 299 g/mol. The van der Waals surface area contributed by atoms with Crippen molar-refractivity contribution in [3.8, 4) is 11.1 Å². The maximum atomic E-state index is 4.22. The van der Waals surface area contributed by atoms with Gasteiger partial charge in [-0.25, -0.2) is 0 Å². The Bertz CT molecular complexity index is 803. The van der Waals surface area contributed by atoms with E-state index >= 15 is 0 Å². The molecule has 0 heterocycles. The zero-order valence-electron chi connectivity index (χ0n) is 13.4. The van der Waals surface area contributed by atoms with Gasteiger partial charge >= 0.3 is 0 Å². The fraction of sp³-hybridized carbons (Fsp3) is 0.0909. The van der Waals surface area contributed by atoms with E-state index in [4.69, 9.17) is 0 Å². The molecule has 114 valence electrons. The maximum absolute atomic E-state index is 4.22. The van der Waals surface area contributed by atoms with E-state index < -0.39 is 0 Å². The molecule has 0 amide bonds. The Hall–Kier alpha value is -2.80. The first kappa shape index (κ1) is 15.1. The second-order valence-corrected chi connectivity index (χ2v) is 5.56. The topological polar surface area (TPSA) is 12.0 Å². The van der Waals surface area contributed by atoms with E-state index in [9.17, 15) is 0 Å². The van der Waals surface area contributed by atoms with Gasteiger partial charge in [0.05, 0.1) is 0 Å². The molecule has 3 rings (SSSR count). The predicted molar refractivity (Wildman–Crippen MR) is 100 cm³/mol. The van der Waals surface area contributed by atoms with Gasteiger partial charge in [-0.15, -0.1) is 0 Å². The molecule has 0 unspecified atom stereocenters. The highest BCUT2D eigenvalue weighted by Gasteiger charge is 2.05. The minimum atomic E-state index is 0.938. The monoisotopic (exact) mass is 299 g/mol. The van der Waals surface area contributed by atoms with Gasteiger partial charge in [0.25, 0.3) is 0 Å². The van der Waals surface area contributed by atoms with Crippen molar-refractivity contribution in [3.63, 3.8) is 0 Å². The van der Waals surface area contributed by atoms with E-state index in [0.717, 1.165) is 17.8 Å². The number of hydrogen-bond acceptors (Lipinski definition) is 1. The van der Waals surface area contributed by atoms with Crippen molar-refractivity contribution >= 4 is 11.4 Å². The minimum absolute atomic E-state index is 0.938. The maximum Gasteiger partial charge on any atom is 0.0390 e. The zero-order chi connectivity index (χ0) is 16.1. The van der Waals surface area contributed by atoms with Gasteiger partial charge in [-0.1, -0.05) is 80.2 Å². The van der Waals surface area contributed by atoms with Crippen LogP contribution in [0.25, 0.3) is 16.8 Å². The van der Waals surface area contributed by atoms with Crippen LogP contribution in [0, 0.1) is 0 Å². The summed E-state index contributed by atoms with van der Waals surface area (Å²) in [6, 6.07) is 27.3. The summed E-state index contributed by atoms with van der Waals surface area (Å²) < 4.78 is 0. The lowest BCUT2D eigenvalue weighted by Gasteiger charge is -2.14. The van der Waals surface area contributed by atoms with Crippen molar-refractivity contribution in [2.24, 2.45) is 0 Å². The number of nitrogens with one attached hydrogen (secondary N) is 1. The van der Waals surface area contributed by atoms with E-state index in [2.05, 4.69) is 91.6 Å². The highest BCUT2D eigenvalue weighted by Crippen LogP contribution is 2.25. The third-order valence-corrected chi connectivity index (χ3v) is 3.99. The van der Waals surface area contributed by atoms with Crippen molar-refractivity contribution in [3.05, 3.63) is 96.6 Å². The molecular weight excluding hydrogens is 278 g/mol. The number of benzene rings is 3. The summed E-state index contributed by atoms with van der Waals surface area (Å²) >= 11 is 0. The molecule has 0 radical (unpaired) electrons. The molecule has 1 nitrogen and oxygen atoms in total. The van der Waals surface area contributed by atoms with Gasteiger partial charge in [0.2, 0.25) is 0 Å². The summed E-state index contributed by atoms with van der Waals surface area (Å²) in [5.74, 6) is 0. The molecule has 3 aromatic rings. The third kappa shape index (κ3) is 3.51. The van der Waals surface area contributed by atoms with E-state index in [-0.39, 0.29) is 0 Å². The predicted octanol–water partition coefficient (Wildman–Crippen LogP) is 6.00. The largest absolute Gasteiger partial charge is 0.355 e. The van der Waals surface area contributed by atoms with Crippen molar-refractivity contribution in [1.29, 1.82) is 0 Å². The first-order valence-corrected chi connectivity index (χ1v) is 7.97. The normalized spacial score (nSPS) is 10.3. The van der Waals surface area contributed by atoms with Gasteiger partial charge in [-0.2, -0.15) is 0 Å². The molecule has 0 fully saturated rings. The second kappa shape index (κ2) is 6.97. The zero-order valence-corrected chi connectivity index (χ0v) is 13.4. The Balaban J connectivity index is 1.85. The molecule has 23 heavy (non-hydrogen) atoms. The summed E-state index contributed by atoms with van der Waals surface area (Å²) in [5.41, 5.74) is 6.90. The minimum Gasteiger partial charge on any atom is -0.355 e. The van der Waals surface area contributed by atoms with Gasteiger partial charge in [-0.3, -0.25) is 0 Å². The van der Waals surface area contributed by atoms with Gasteiger partial charge in [0.15, 0.2) is 0 Å². The first-order chi connectivity index (χ1) is 11.3. The summed E-state index contributed by atoms with van der Waals surface area (Å²) in [4.78, 5) is 0. The fourth-order valence-electron chi connectivity index (χ4n) is 2.77. The fourth-order valence-corrected chi connectivity index (χ4v) is 2.77. The molecule has 0 aliphatic heterocycles. The molecule has 1 heteroatoms. The Morgan fingerprint density at radius 2 is 1.52 bits per heavy atom. The van der Waals surface area contributed by atoms with Crippen molar-refractivity contribution < 1.29 is 0 Å². The van der Waals surface area contributed by atoms with Crippen molar-refractivity contribution in [2.45, 2.75) is 13.3 Å². The molecule has 1 N–H and O–H groups in total. The summed E-state index contributed by atoms with van der Waals surface area (Å²) in [6.07, 6.45) is 1.00. The Kier molecular flexibility index (Phi) is 4.58. The summed E-state index contributed by atoms with van der Waals surface area (Å²) in [6.45, 7) is 6.39. The van der Waals surface area contributed by atoms with Crippen molar-refractivity contribution in [1.82, 2.24) is 0 Å². The molecule has 0 aliphatic carbocycles. The SMILES string of the molecule is C=C(Nc1cccc(-c2ccccc2)c1)c1ccccc1CC. The van der Waals surface area contributed by atoms with Gasteiger partial charge in [-0.05, 0) is 35.2 Å². The number of anilines is 1. The van der Waals surface area contributed by atoms with Crippen LogP contribution in [0.1, 0.15) is 18.1 Å². The standard InChI is InChI=1S/C22H21N/c1-3-18-10-7-8-15-22(18)17(2)23-21-14-9-13-20(16-21)19-11-5-4-6-12-19/h4-16,23H,2-3H2,1H3. The average Bonchev–Trinajstić information content (AvgIpc) is 2.62. The molecule has 0 aliphatic rings. The summed E-state index contributed by atoms with van der Waals surface area (Å²) in [5, 5.41) is 3.45. The van der Waals surface area contributed by atoms with E-state index in [1.165, 1.54) is 22.3 Å². The number of rotatable bonds is 5. The van der Waals surface area contributed by atoms with Crippen LogP contribution < -0.4 is 5.32 Å². The molecule has 0 aromatic heterocycles. The van der Waals surface area contributed by atoms with Crippen molar-refractivity contribution in [2.75, 3.05) is 5.32 Å². The smallest absolute Gasteiger partial charge is 0.0390 e. The lowest BCUT2D eigenvalue weighted by atomic mass is 10.0. The lowest BCUT2D eigenvalue weighted by Crippen LogP contribution is -2.00. The van der Waals surface area contributed by atoms with Crippen LogP contribution in [0.3, 0.4) is 0 Å². The van der Waals surface area contributed by atoms with Crippen LogP contribution in [0.2, 0.25) is 0 Å². The van der Waals surface area contributed by atoms with Crippen LogP contribution in [0.15, 0.2) is 85.4 Å². The van der Waals surface area contributed by atoms with Crippen LogP contribution in [0.5, 0.6) is 0 Å². The molecule has 0 bridgehead atoms. The van der Waals surface area contributed by atoms with Gasteiger partial charge < -0.3 is 5.32 Å². The van der Waals surface area contributed by atoms with Crippen LogP contribution in [-0.4, -0.2) is 0 Å². The van der Waals surface area contributed by atoms with E-state index in [1.54, 1.807) is 0 Å². The van der Waals surface area contributed by atoms with Crippen LogP contribution in [-0.2, 0) is 6.42 Å². The van der Waals surface area contributed by atoms with Gasteiger partial charge in [0.1, 0.15) is 0 Å². The lowest BCUT2D eigenvalue weighted by molar-refractivity contribution is 1.13. The summed E-state index contributed by atoms with van der Waals surface area (Å²) in [7, 11) is 0.